The van der Waals surface area contributed by atoms with Crippen LogP contribution in [0.15, 0.2) is 66.9 Å². The summed E-state index contributed by atoms with van der Waals surface area (Å²) in [5, 5.41) is 0. The zero-order valence-corrected chi connectivity index (χ0v) is 13.5. The molecule has 0 atom stereocenters. The van der Waals surface area contributed by atoms with Gasteiger partial charge in [0.1, 0.15) is 0 Å². The Morgan fingerprint density at radius 2 is 1.64 bits per heavy atom. The number of nitrogens with zero attached hydrogens (tertiary/aromatic N) is 1. The van der Waals surface area contributed by atoms with E-state index in [0.29, 0.717) is 23.4 Å². The predicted molar refractivity (Wildman–Crippen MR) is 90.4 cm³/mol. The summed E-state index contributed by atoms with van der Waals surface area (Å²) < 4.78 is 41.0. The van der Waals surface area contributed by atoms with Gasteiger partial charge in [0.25, 0.3) is 0 Å². The van der Waals surface area contributed by atoms with E-state index in [1.807, 2.05) is 30.3 Å². The summed E-state index contributed by atoms with van der Waals surface area (Å²) in [6.07, 6.45) is -3.28. The molecule has 0 N–H and O–H groups in total. The average Bonchev–Trinajstić information content (AvgIpc) is 3.00. The number of Topliss-reactive ketones (excluding diaryl/α,β-unsaturated/α-hetero) is 1. The summed E-state index contributed by atoms with van der Waals surface area (Å²) in [4.78, 5) is 11.4. The molecule has 128 valence electrons. The molecular weight excluding hydrogens is 327 g/mol. The van der Waals surface area contributed by atoms with Gasteiger partial charge in [-0.15, -0.1) is 0 Å². The van der Waals surface area contributed by atoms with E-state index < -0.39 is 11.7 Å². The van der Waals surface area contributed by atoms with E-state index in [1.54, 1.807) is 28.8 Å². The minimum Gasteiger partial charge on any atom is -0.342 e. The Balaban J connectivity index is 2.04. The third-order valence-corrected chi connectivity index (χ3v) is 4.01. The van der Waals surface area contributed by atoms with Crippen molar-refractivity contribution in [1.82, 2.24) is 4.57 Å². The quantitative estimate of drug-likeness (QED) is 0.579. The van der Waals surface area contributed by atoms with Crippen LogP contribution in [0.1, 0.15) is 28.4 Å². The SMILES string of the molecule is CC(=O)c1ccc(-c2cc(C(F)(F)F)cn2Cc2ccccc2)cc1. The number of hydrogen-bond acceptors (Lipinski definition) is 1. The topological polar surface area (TPSA) is 22.0 Å². The molecule has 0 amide bonds. The van der Waals surface area contributed by atoms with Crippen molar-refractivity contribution in [3.63, 3.8) is 0 Å². The normalized spacial score (nSPS) is 11.5. The molecule has 0 unspecified atom stereocenters. The van der Waals surface area contributed by atoms with E-state index in [1.165, 1.54) is 6.92 Å². The Morgan fingerprint density at radius 1 is 1.00 bits per heavy atom. The molecule has 5 heteroatoms. The molecular formula is C20H16F3NO. The average molecular weight is 343 g/mol. The molecule has 0 spiro atoms. The summed E-state index contributed by atoms with van der Waals surface area (Å²) in [6.45, 7) is 1.79. The van der Waals surface area contributed by atoms with Crippen LogP contribution in [0.2, 0.25) is 0 Å². The molecule has 25 heavy (non-hydrogen) atoms. The molecule has 1 heterocycles. The highest BCUT2D eigenvalue weighted by Crippen LogP contribution is 2.34. The minimum atomic E-state index is -4.41. The lowest BCUT2D eigenvalue weighted by Crippen LogP contribution is -2.04. The summed E-state index contributed by atoms with van der Waals surface area (Å²) in [5.74, 6) is -0.0813. The smallest absolute Gasteiger partial charge is 0.342 e. The van der Waals surface area contributed by atoms with Crippen LogP contribution in [0, 0.1) is 0 Å². The Bertz CT molecular complexity index is 878. The lowest BCUT2D eigenvalue weighted by atomic mass is 10.1. The zero-order chi connectivity index (χ0) is 18.0. The molecule has 2 aromatic carbocycles. The second kappa shape index (κ2) is 6.59. The lowest BCUT2D eigenvalue weighted by Gasteiger charge is -2.10. The van der Waals surface area contributed by atoms with Crippen molar-refractivity contribution in [2.24, 2.45) is 0 Å². The van der Waals surface area contributed by atoms with Crippen LogP contribution in [0.3, 0.4) is 0 Å². The highest BCUT2D eigenvalue weighted by molar-refractivity contribution is 5.94. The van der Waals surface area contributed by atoms with Gasteiger partial charge in [-0.3, -0.25) is 4.79 Å². The van der Waals surface area contributed by atoms with E-state index in [9.17, 15) is 18.0 Å². The summed E-state index contributed by atoms with van der Waals surface area (Å²) >= 11 is 0. The zero-order valence-electron chi connectivity index (χ0n) is 13.5. The van der Waals surface area contributed by atoms with E-state index in [-0.39, 0.29) is 5.78 Å². The summed E-state index contributed by atoms with van der Waals surface area (Å²) in [7, 11) is 0. The van der Waals surface area contributed by atoms with E-state index in [4.69, 9.17) is 0 Å². The van der Waals surface area contributed by atoms with Crippen molar-refractivity contribution in [3.05, 3.63) is 83.6 Å². The molecule has 3 rings (SSSR count). The fraction of sp³-hybridized carbons (Fsp3) is 0.150. The Kier molecular flexibility index (Phi) is 4.49. The van der Waals surface area contributed by atoms with E-state index in [0.717, 1.165) is 17.8 Å². The number of carbonyl (C=O) groups excluding carboxylic acids is 1. The molecule has 0 saturated heterocycles. The van der Waals surface area contributed by atoms with Crippen LogP contribution in [0.5, 0.6) is 0 Å². The first kappa shape index (κ1) is 17.0. The first-order valence-corrected chi connectivity index (χ1v) is 7.77. The lowest BCUT2D eigenvalue weighted by molar-refractivity contribution is -0.137. The first-order chi connectivity index (χ1) is 11.8. The molecule has 1 aromatic heterocycles. The standard InChI is InChI=1S/C20H16F3NO/c1-14(25)16-7-9-17(10-8-16)19-11-18(20(21,22)23)13-24(19)12-15-5-3-2-4-6-15/h2-11,13H,12H2,1H3. The van der Waals surface area contributed by atoms with Crippen molar-refractivity contribution in [2.75, 3.05) is 0 Å². The maximum atomic E-state index is 13.1. The Hall–Kier alpha value is -2.82. The number of alkyl halides is 3. The monoisotopic (exact) mass is 343 g/mol. The van der Waals surface area contributed by atoms with Crippen LogP contribution >= 0.6 is 0 Å². The summed E-state index contributed by atoms with van der Waals surface area (Å²) in [6, 6.07) is 17.1. The van der Waals surface area contributed by atoms with Gasteiger partial charge < -0.3 is 4.57 Å². The Labute approximate surface area is 143 Å². The third-order valence-electron chi connectivity index (χ3n) is 4.01. The molecule has 0 aliphatic rings. The van der Waals surface area contributed by atoms with Gasteiger partial charge in [0.2, 0.25) is 0 Å². The van der Waals surface area contributed by atoms with E-state index in [2.05, 4.69) is 0 Å². The van der Waals surface area contributed by atoms with Crippen molar-refractivity contribution in [3.8, 4) is 11.3 Å². The molecule has 3 aromatic rings. The van der Waals surface area contributed by atoms with Gasteiger partial charge in [0.15, 0.2) is 5.78 Å². The number of aromatic nitrogens is 1. The van der Waals surface area contributed by atoms with Crippen LogP contribution in [-0.4, -0.2) is 10.4 Å². The van der Waals surface area contributed by atoms with Gasteiger partial charge >= 0.3 is 6.18 Å². The number of benzene rings is 2. The third kappa shape index (κ3) is 3.82. The second-order valence-electron chi connectivity index (χ2n) is 5.86. The first-order valence-electron chi connectivity index (χ1n) is 7.77. The van der Waals surface area contributed by atoms with Crippen molar-refractivity contribution in [1.29, 1.82) is 0 Å². The molecule has 0 radical (unpaired) electrons. The number of ketones is 1. The molecule has 0 saturated carbocycles. The van der Waals surface area contributed by atoms with Crippen molar-refractivity contribution >= 4 is 5.78 Å². The van der Waals surface area contributed by atoms with Gasteiger partial charge in [-0.1, -0.05) is 54.6 Å². The van der Waals surface area contributed by atoms with Crippen LogP contribution in [-0.2, 0) is 12.7 Å². The highest BCUT2D eigenvalue weighted by atomic mass is 19.4. The summed E-state index contributed by atoms with van der Waals surface area (Å²) in [5.41, 5.74) is 1.85. The van der Waals surface area contributed by atoms with Gasteiger partial charge in [-0.2, -0.15) is 13.2 Å². The van der Waals surface area contributed by atoms with Crippen molar-refractivity contribution < 1.29 is 18.0 Å². The van der Waals surface area contributed by atoms with Crippen LogP contribution < -0.4 is 0 Å². The molecule has 0 aliphatic heterocycles. The van der Waals surface area contributed by atoms with E-state index >= 15 is 0 Å². The highest BCUT2D eigenvalue weighted by Gasteiger charge is 2.32. The second-order valence-corrected chi connectivity index (χ2v) is 5.86. The maximum Gasteiger partial charge on any atom is 0.417 e. The van der Waals surface area contributed by atoms with Crippen LogP contribution in [0.4, 0.5) is 13.2 Å². The fourth-order valence-corrected chi connectivity index (χ4v) is 2.70. The predicted octanol–water partition coefficient (Wildman–Crippen LogP) is 5.42. The van der Waals surface area contributed by atoms with Crippen LogP contribution in [0.25, 0.3) is 11.3 Å². The van der Waals surface area contributed by atoms with Gasteiger partial charge in [0, 0.05) is 24.0 Å². The van der Waals surface area contributed by atoms with Gasteiger partial charge in [-0.25, -0.2) is 0 Å². The Morgan fingerprint density at radius 3 is 2.20 bits per heavy atom. The molecule has 0 bridgehead atoms. The maximum absolute atomic E-state index is 13.1. The number of halogens is 3. The number of rotatable bonds is 4. The largest absolute Gasteiger partial charge is 0.417 e. The van der Waals surface area contributed by atoms with Crippen molar-refractivity contribution in [2.45, 2.75) is 19.6 Å². The van der Waals surface area contributed by atoms with Gasteiger partial charge in [-0.05, 0) is 24.1 Å². The number of carbonyl (C=O) groups is 1. The molecule has 0 fully saturated rings. The molecule has 0 aliphatic carbocycles. The number of hydrogen-bond donors (Lipinski definition) is 0. The fourth-order valence-electron chi connectivity index (χ4n) is 2.70. The molecule has 2 nitrogen and oxygen atoms in total. The minimum absolute atomic E-state index is 0.0813. The van der Waals surface area contributed by atoms with Gasteiger partial charge in [0.05, 0.1) is 5.56 Å².